The average Bonchev–Trinajstić information content (AvgIpc) is 2.90. The Hall–Kier alpha value is -3.77. The Morgan fingerprint density at radius 2 is 1.49 bits per heavy atom. The van der Waals surface area contributed by atoms with E-state index in [1.165, 1.54) is 19.1 Å². The summed E-state index contributed by atoms with van der Waals surface area (Å²) in [7, 11) is 2.59. The Bertz CT molecular complexity index is 1250. The van der Waals surface area contributed by atoms with Gasteiger partial charge in [-0.1, -0.05) is 30.3 Å². The molecular weight excluding hydrogens is 556 g/mol. The first-order chi connectivity index (χ1) is 19.2. The molecule has 2 atom stereocenters. The second kappa shape index (κ2) is 11.6. The van der Waals surface area contributed by atoms with Gasteiger partial charge >= 0.3 is 18.4 Å². The maximum atomic E-state index is 13.6. The Labute approximate surface area is 232 Å². The Balaban J connectivity index is 1.52. The van der Waals surface area contributed by atoms with Crippen molar-refractivity contribution >= 4 is 17.9 Å². The van der Waals surface area contributed by atoms with E-state index in [1.807, 2.05) is 12.1 Å². The van der Waals surface area contributed by atoms with E-state index in [4.69, 9.17) is 0 Å². The number of hydrogen-bond donors (Lipinski definition) is 0. The predicted octanol–water partition coefficient (Wildman–Crippen LogP) is 5.01. The molecule has 2 aromatic carbocycles. The molecule has 222 valence electrons. The number of alkyl halides is 6. The highest BCUT2D eigenvalue weighted by Crippen LogP contribution is 2.38. The third-order valence-corrected chi connectivity index (χ3v) is 7.58. The lowest BCUT2D eigenvalue weighted by Gasteiger charge is -2.44. The molecule has 0 N–H and O–H groups in total. The number of likely N-dealkylation sites (tertiary alicyclic amines) is 2. The number of amides is 3. The van der Waals surface area contributed by atoms with Crippen molar-refractivity contribution in [2.45, 2.75) is 31.2 Å². The van der Waals surface area contributed by atoms with E-state index in [9.17, 15) is 40.7 Å². The summed E-state index contributed by atoms with van der Waals surface area (Å²) in [5.41, 5.74) is -2.41. The molecule has 2 aliphatic heterocycles. The van der Waals surface area contributed by atoms with Crippen molar-refractivity contribution in [3.63, 3.8) is 0 Å². The summed E-state index contributed by atoms with van der Waals surface area (Å²) in [5, 5.41) is 0. The molecule has 0 saturated carbocycles. The zero-order chi connectivity index (χ0) is 30.1. The highest BCUT2D eigenvalue weighted by atomic mass is 19.4. The van der Waals surface area contributed by atoms with Gasteiger partial charge in [0.25, 0.3) is 0 Å². The van der Waals surface area contributed by atoms with Crippen LogP contribution in [0.5, 0.6) is 0 Å². The van der Waals surface area contributed by atoms with Crippen LogP contribution in [-0.4, -0.2) is 72.9 Å². The number of methoxy groups -OCH3 is 1. The molecule has 0 unspecified atom stereocenters. The summed E-state index contributed by atoms with van der Waals surface area (Å²) in [5.74, 6) is -2.12. The second-order valence-electron chi connectivity index (χ2n) is 10.4. The summed E-state index contributed by atoms with van der Waals surface area (Å²) in [4.78, 5) is 42.6. The summed E-state index contributed by atoms with van der Waals surface area (Å²) in [6, 6.07) is 10.3. The van der Waals surface area contributed by atoms with Gasteiger partial charge in [0.15, 0.2) is 0 Å². The SMILES string of the molecule is COC(=O)N1CC(C(=O)N2CC[C@H](C(=O)N(C)Cc3cc(C(F)(F)F)cc(C(F)(F)F)c3)[C@H](c3ccccc3)C2)C1. The molecule has 2 heterocycles. The van der Waals surface area contributed by atoms with E-state index in [-0.39, 0.29) is 50.1 Å². The number of nitrogens with zero attached hydrogens (tertiary/aromatic N) is 3. The summed E-state index contributed by atoms with van der Waals surface area (Å²) in [6.07, 6.45) is -10.3. The van der Waals surface area contributed by atoms with Crippen LogP contribution < -0.4 is 0 Å². The third kappa shape index (κ3) is 6.76. The fraction of sp³-hybridized carbons (Fsp3) is 0.464. The molecule has 0 aliphatic carbocycles. The Kier molecular flexibility index (Phi) is 8.55. The molecule has 4 rings (SSSR count). The number of carbonyl (C=O) groups excluding carboxylic acids is 3. The van der Waals surface area contributed by atoms with Crippen LogP contribution in [-0.2, 0) is 33.2 Å². The van der Waals surface area contributed by atoms with Crippen LogP contribution in [0.15, 0.2) is 48.5 Å². The Morgan fingerprint density at radius 3 is 2.02 bits per heavy atom. The van der Waals surface area contributed by atoms with Gasteiger partial charge in [0.2, 0.25) is 11.8 Å². The normalized spacial score (nSPS) is 19.9. The van der Waals surface area contributed by atoms with Crippen molar-refractivity contribution in [2.75, 3.05) is 40.3 Å². The van der Waals surface area contributed by atoms with Crippen LogP contribution >= 0.6 is 0 Å². The van der Waals surface area contributed by atoms with Gasteiger partial charge < -0.3 is 19.4 Å². The van der Waals surface area contributed by atoms with E-state index >= 15 is 0 Å². The molecule has 41 heavy (non-hydrogen) atoms. The van der Waals surface area contributed by atoms with E-state index in [1.54, 1.807) is 23.1 Å². The van der Waals surface area contributed by atoms with Crippen molar-refractivity contribution in [1.29, 1.82) is 0 Å². The van der Waals surface area contributed by atoms with E-state index in [0.29, 0.717) is 12.1 Å². The lowest BCUT2D eigenvalue weighted by molar-refractivity contribution is -0.146. The summed E-state index contributed by atoms with van der Waals surface area (Å²) < 4.78 is 84.6. The van der Waals surface area contributed by atoms with Crippen LogP contribution in [0.1, 0.15) is 34.6 Å². The molecule has 0 bridgehead atoms. The quantitative estimate of drug-likeness (QED) is 0.463. The first-order valence-electron chi connectivity index (χ1n) is 12.9. The van der Waals surface area contributed by atoms with Gasteiger partial charge in [-0.05, 0) is 35.7 Å². The topological polar surface area (TPSA) is 70.2 Å². The van der Waals surface area contributed by atoms with E-state index < -0.39 is 59.8 Å². The number of carbonyl (C=O) groups is 3. The lowest BCUT2D eigenvalue weighted by atomic mass is 9.79. The standard InChI is InChI=1S/C28H29F6N3O4/c1-35(13-17-10-20(27(29,30)31)12-21(11-17)28(32,33)34)25(39)22-8-9-36(16-23(22)18-6-4-3-5-7-18)24(38)19-14-37(15-19)26(40)41-2/h3-7,10-12,19,22-23H,8-9,13-16H2,1-2H3/t22-,23-/m0/s1. The summed E-state index contributed by atoms with van der Waals surface area (Å²) in [6.45, 7) is 0.421. The minimum atomic E-state index is -5.00. The van der Waals surface area contributed by atoms with Crippen molar-refractivity contribution in [2.24, 2.45) is 11.8 Å². The third-order valence-electron chi connectivity index (χ3n) is 7.58. The molecule has 13 heteroatoms. The maximum Gasteiger partial charge on any atom is 0.416 e. The van der Waals surface area contributed by atoms with Gasteiger partial charge in [0, 0.05) is 51.6 Å². The van der Waals surface area contributed by atoms with Crippen molar-refractivity contribution < 1.29 is 45.5 Å². The van der Waals surface area contributed by atoms with Gasteiger partial charge in [-0.25, -0.2) is 4.79 Å². The molecule has 2 aromatic rings. The van der Waals surface area contributed by atoms with Crippen LogP contribution in [0.3, 0.4) is 0 Å². The molecule has 2 saturated heterocycles. The van der Waals surface area contributed by atoms with Crippen molar-refractivity contribution in [3.8, 4) is 0 Å². The molecule has 0 radical (unpaired) electrons. The summed E-state index contributed by atoms with van der Waals surface area (Å²) >= 11 is 0. The van der Waals surface area contributed by atoms with Crippen molar-refractivity contribution in [3.05, 3.63) is 70.8 Å². The number of hydrogen-bond acceptors (Lipinski definition) is 4. The zero-order valence-electron chi connectivity index (χ0n) is 22.3. The lowest BCUT2D eigenvalue weighted by Crippen LogP contribution is -2.58. The molecule has 2 fully saturated rings. The minimum absolute atomic E-state index is 0.0516. The largest absolute Gasteiger partial charge is 0.453 e. The van der Waals surface area contributed by atoms with Gasteiger partial charge in [-0.15, -0.1) is 0 Å². The molecule has 0 aromatic heterocycles. The second-order valence-corrected chi connectivity index (χ2v) is 10.4. The van der Waals surface area contributed by atoms with Crippen LogP contribution in [0.4, 0.5) is 31.1 Å². The number of rotatable bonds is 5. The average molecular weight is 586 g/mol. The molecule has 2 aliphatic rings. The number of halogens is 6. The molecular formula is C28H29F6N3O4. The van der Waals surface area contributed by atoms with Crippen LogP contribution in [0, 0.1) is 11.8 Å². The van der Waals surface area contributed by atoms with Gasteiger partial charge in [-0.3, -0.25) is 9.59 Å². The minimum Gasteiger partial charge on any atom is -0.453 e. The molecule has 7 nitrogen and oxygen atoms in total. The van der Waals surface area contributed by atoms with E-state index in [2.05, 4.69) is 4.74 Å². The fourth-order valence-corrected chi connectivity index (χ4v) is 5.40. The number of piperidine rings is 1. The first-order valence-corrected chi connectivity index (χ1v) is 12.9. The molecule has 3 amide bonds. The highest BCUT2D eigenvalue weighted by molar-refractivity contribution is 5.84. The zero-order valence-corrected chi connectivity index (χ0v) is 22.3. The van der Waals surface area contributed by atoms with Crippen LogP contribution in [0.2, 0.25) is 0 Å². The van der Waals surface area contributed by atoms with E-state index in [0.717, 1.165) is 10.5 Å². The predicted molar refractivity (Wildman–Crippen MR) is 134 cm³/mol. The number of benzene rings is 2. The van der Waals surface area contributed by atoms with Gasteiger partial charge in [-0.2, -0.15) is 26.3 Å². The maximum absolute atomic E-state index is 13.6. The van der Waals surface area contributed by atoms with Crippen molar-refractivity contribution in [1.82, 2.24) is 14.7 Å². The Morgan fingerprint density at radius 1 is 0.902 bits per heavy atom. The number of ether oxygens (including phenoxy) is 1. The van der Waals surface area contributed by atoms with Gasteiger partial charge in [0.05, 0.1) is 24.2 Å². The fourth-order valence-electron chi connectivity index (χ4n) is 5.40. The monoisotopic (exact) mass is 585 g/mol. The highest BCUT2D eigenvalue weighted by Gasteiger charge is 2.43. The van der Waals surface area contributed by atoms with Gasteiger partial charge in [0.1, 0.15) is 0 Å². The van der Waals surface area contributed by atoms with Crippen LogP contribution in [0.25, 0.3) is 0 Å². The molecule has 0 spiro atoms. The smallest absolute Gasteiger partial charge is 0.416 e. The first kappa shape index (κ1) is 30.2.